The molecule has 1 amide bonds. The molecule has 1 saturated carbocycles. The van der Waals surface area contributed by atoms with Crippen molar-refractivity contribution in [2.45, 2.75) is 68.7 Å². The summed E-state index contributed by atoms with van der Waals surface area (Å²) in [5.41, 5.74) is 0. The van der Waals surface area contributed by atoms with Gasteiger partial charge in [-0.1, -0.05) is 32.1 Å². The summed E-state index contributed by atoms with van der Waals surface area (Å²) < 4.78 is 66.8. The first-order chi connectivity index (χ1) is 13.2. The van der Waals surface area contributed by atoms with Crippen LogP contribution in [0.5, 0.6) is 5.75 Å². The van der Waals surface area contributed by atoms with Gasteiger partial charge >= 0.3 is 6.36 Å². The Bertz CT molecular complexity index is 728. The van der Waals surface area contributed by atoms with Gasteiger partial charge in [0.1, 0.15) is 5.75 Å². The molecule has 0 atom stereocenters. The predicted octanol–water partition coefficient (Wildman–Crippen LogP) is 3.48. The van der Waals surface area contributed by atoms with E-state index in [0.717, 1.165) is 49.9 Å². The first-order valence-corrected chi connectivity index (χ1v) is 10.8. The zero-order valence-electron chi connectivity index (χ0n) is 15.4. The molecule has 0 saturated heterocycles. The summed E-state index contributed by atoms with van der Waals surface area (Å²) >= 11 is 0. The van der Waals surface area contributed by atoms with Gasteiger partial charge in [-0.05, 0) is 37.1 Å². The minimum absolute atomic E-state index is 0.00893. The van der Waals surface area contributed by atoms with Crippen molar-refractivity contribution in [3.63, 3.8) is 0 Å². The summed E-state index contributed by atoms with van der Waals surface area (Å²) in [6.07, 6.45) is 2.72. The normalized spacial score (nSPS) is 16.8. The molecule has 1 fully saturated rings. The molecule has 10 heteroatoms. The van der Waals surface area contributed by atoms with Crippen molar-refractivity contribution < 1.29 is 31.1 Å². The van der Waals surface area contributed by atoms with Gasteiger partial charge in [-0.25, -0.2) is 13.1 Å². The minimum Gasteiger partial charge on any atom is -0.406 e. The van der Waals surface area contributed by atoms with Gasteiger partial charge in [0, 0.05) is 19.0 Å². The molecule has 0 unspecified atom stereocenters. The van der Waals surface area contributed by atoms with E-state index in [-0.39, 0.29) is 29.8 Å². The number of amides is 1. The Balaban J connectivity index is 1.79. The van der Waals surface area contributed by atoms with Crippen LogP contribution in [0.2, 0.25) is 0 Å². The molecule has 1 aliphatic rings. The molecule has 0 aliphatic heterocycles. The summed E-state index contributed by atoms with van der Waals surface area (Å²) in [5, 5.41) is 2.95. The number of carbonyl (C=O) groups is 1. The number of carbonyl (C=O) groups excluding carboxylic acids is 1. The fourth-order valence-corrected chi connectivity index (χ4v) is 4.13. The van der Waals surface area contributed by atoms with Crippen LogP contribution in [0, 0.1) is 0 Å². The van der Waals surface area contributed by atoms with Gasteiger partial charge in [-0.2, -0.15) is 0 Å². The van der Waals surface area contributed by atoms with E-state index in [1.807, 2.05) is 0 Å². The highest BCUT2D eigenvalue weighted by Crippen LogP contribution is 2.23. The molecule has 1 aliphatic carbocycles. The summed E-state index contributed by atoms with van der Waals surface area (Å²) in [6.45, 7) is -0.0955. The minimum atomic E-state index is -4.84. The highest BCUT2D eigenvalue weighted by atomic mass is 32.2. The molecule has 0 aromatic heterocycles. The van der Waals surface area contributed by atoms with Gasteiger partial charge in [0.25, 0.3) is 0 Å². The van der Waals surface area contributed by atoms with Gasteiger partial charge < -0.3 is 10.1 Å². The molecule has 28 heavy (non-hydrogen) atoms. The van der Waals surface area contributed by atoms with Crippen LogP contribution in [0.15, 0.2) is 29.2 Å². The Morgan fingerprint density at radius 2 is 1.61 bits per heavy atom. The second kappa shape index (κ2) is 10.1. The Hall–Kier alpha value is -1.81. The molecule has 6 nitrogen and oxygen atoms in total. The van der Waals surface area contributed by atoms with E-state index < -0.39 is 22.1 Å². The molecular formula is C18H25F3N2O4S. The Morgan fingerprint density at radius 1 is 1.04 bits per heavy atom. The number of benzene rings is 1. The van der Waals surface area contributed by atoms with E-state index in [0.29, 0.717) is 0 Å². The molecule has 158 valence electrons. The predicted molar refractivity (Wildman–Crippen MR) is 97.2 cm³/mol. The number of sulfonamides is 1. The van der Waals surface area contributed by atoms with E-state index in [4.69, 9.17) is 0 Å². The van der Waals surface area contributed by atoms with Crippen molar-refractivity contribution in [2.75, 3.05) is 6.54 Å². The fraction of sp³-hybridized carbons (Fsp3) is 0.611. The quantitative estimate of drug-likeness (QED) is 0.705. The maximum atomic E-state index is 12.2. The van der Waals surface area contributed by atoms with Gasteiger partial charge in [0.15, 0.2) is 0 Å². The number of rotatable bonds is 7. The van der Waals surface area contributed by atoms with Crippen molar-refractivity contribution in [3.05, 3.63) is 24.3 Å². The third kappa shape index (κ3) is 8.05. The molecule has 2 rings (SSSR count). The number of hydrogen-bond donors (Lipinski definition) is 2. The summed E-state index contributed by atoms with van der Waals surface area (Å²) in [4.78, 5) is 11.8. The topological polar surface area (TPSA) is 84.5 Å². The van der Waals surface area contributed by atoms with Gasteiger partial charge in [-0.3, -0.25) is 4.79 Å². The molecule has 2 N–H and O–H groups in total. The first-order valence-electron chi connectivity index (χ1n) is 9.30. The maximum absolute atomic E-state index is 12.2. The Labute approximate surface area is 162 Å². The van der Waals surface area contributed by atoms with E-state index in [2.05, 4.69) is 14.8 Å². The second-order valence-corrected chi connectivity index (χ2v) is 8.54. The van der Waals surface area contributed by atoms with E-state index >= 15 is 0 Å². The van der Waals surface area contributed by atoms with Crippen molar-refractivity contribution in [3.8, 4) is 5.75 Å². The lowest BCUT2D eigenvalue weighted by atomic mass is 9.96. The molecular weight excluding hydrogens is 397 g/mol. The fourth-order valence-electron chi connectivity index (χ4n) is 3.10. The zero-order chi connectivity index (χ0) is 20.6. The molecule has 0 heterocycles. The molecule has 0 bridgehead atoms. The zero-order valence-corrected chi connectivity index (χ0v) is 16.2. The van der Waals surface area contributed by atoms with Crippen molar-refractivity contribution >= 4 is 15.9 Å². The van der Waals surface area contributed by atoms with Crippen LogP contribution in [-0.4, -0.2) is 33.3 Å². The van der Waals surface area contributed by atoms with E-state index in [1.165, 1.54) is 19.3 Å². The third-order valence-corrected chi connectivity index (χ3v) is 5.96. The van der Waals surface area contributed by atoms with E-state index in [9.17, 15) is 26.4 Å². The van der Waals surface area contributed by atoms with Crippen LogP contribution in [0.3, 0.4) is 0 Å². The standard InChI is InChI=1S/C18H25F3N2O4S/c19-18(20,21)27-15-8-10-16(11-9-15)28(25,26)22-13-12-17(24)23-14-6-4-2-1-3-5-7-14/h8-11,14,22H,1-7,12-13H2,(H,23,24). The molecule has 0 spiro atoms. The Kier molecular flexibility index (Phi) is 8.11. The SMILES string of the molecule is O=C(CCNS(=O)(=O)c1ccc(OC(F)(F)F)cc1)NC1CCCCCCC1. The molecule has 0 radical (unpaired) electrons. The van der Waals surface area contributed by atoms with Gasteiger partial charge in [0.2, 0.25) is 15.9 Å². The number of ether oxygens (including phenoxy) is 1. The first kappa shape index (κ1) is 22.5. The summed E-state index contributed by atoms with van der Waals surface area (Å²) in [5.74, 6) is -0.729. The monoisotopic (exact) mass is 422 g/mol. The lowest BCUT2D eigenvalue weighted by Gasteiger charge is -2.21. The maximum Gasteiger partial charge on any atom is 0.573 e. The van der Waals surface area contributed by atoms with Crippen molar-refractivity contribution in [1.82, 2.24) is 10.0 Å². The van der Waals surface area contributed by atoms with Crippen LogP contribution >= 0.6 is 0 Å². The summed E-state index contributed by atoms with van der Waals surface area (Å²) in [6, 6.07) is 3.99. The number of halogens is 3. The average Bonchev–Trinajstić information content (AvgIpc) is 2.56. The summed E-state index contributed by atoms with van der Waals surface area (Å²) in [7, 11) is -3.93. The van der Waals surface area contributed by atoms with Crippen LogP contribution in [0.1, 0.15) is 51.4 Å². The smallest absolute Gasteiger partial charge is 0.406 e. The van der Waals surface area contributed by atoms with Gasteiger partial charge in [0.05, 0.1) is 4.90 Å². The molecule has 1 aromatic carbocycles. The highest BCUT2D eigenvalue weighted by Gasteiger charge is 2.31. The van der Waals surface area contributed by atoms with Crippen LogP contribution < -0.4 is 14.8 Å². The van der Waals surface area contributed by atoms with Crippen molar-refractivity contribution in [1.29, 1.82) is 0 Å². The van der Waals surface area contributed by atoms with Gasteiger partial charge in [-0.15, -0.1) is 13.2 Å². The van der Waals surface area contributed by atoms with Crippen molar-refractivity contribution in [2.24, 2.45) is 0 Å². The second-order valence-electron chi connectivity index (χ2n) is 6.78. The van der Waals surface area contributed by atoms with Crippen LogP contribution in [0.4, 0.5) is 13.2 Å². The average molecular weight is 422 g/mol. The van der Waals surface area contributed by atoms with E-state index in [1.54, 1.807) is 0 Å². The molecule has 1 aromatic rings. The highest BCUT2D eigenvalue weighted by molar-refractivity contribution is 7.89. The number of nitrogens with one attached hydrogen (secondary N) is 2. The number of hydrogen-bond acceptors (Lipinski definition) is 4. The number of alkyl halides is 3. The third-order valence-electron chi connectivity index (χ3n) is 4.48. The van der Waals surface area contributed by atoms with Crippen LogP contribution in [-0.2, 0) is 14.8 Å². The van der Waals surface area contributed by atoms with Crippen LogP contribution in [0.25, 0.3) is 0 Å². The largest absolute Gasteiger partial charge is 0.573 e. The Morgan fingerprint density at radius 3 is 2.18 bits per heavy atom. The lowest BCUT2D eigenvalue weighted by molar-refractivity contribution is -0.274. The lowest BCUT2D eigenvalue weighted by Crippen LogP contribution is -2.37.